The van der Waals surface area contributed by atoms with Crippen molar-refractivity contribution in [2.75, 3.05) is 24.7 Å². The van der Waals surface area contributed by atoms with E-state index in [1.807, 2.05) is 13.8 Å². The normalized spacial score (nSPS) is 14.1. The molecule has 0 unspecified atom stereocenters. The van der Waals surface area contributed by atoms with Gasteiger partial charge in [-0.05, 0) is 51.0 Å². The molecule has 2 atom stereocenters. The van der Waals surface area contributed by atoms with Gasteiger partial charge in [-0.3, -0.25) is 4.79 Å². The third kappa shape index (κ3) is 9.14. The minimum absolute atomic E-state index is 0.0104. The number of benzene rings is 1. The van der Waals surface area contributed by atoms with Gasteiger partial charge >= 0.3 is 5.97 Å². The first-order valence-corrected chi connectivity index (χ1v) is 14.1. The van der Waals surface area contributed by atoms with Crippen molar-refractivity contribution in [2.45, 2.75) is 71.2 Å². The van der Waals surface area contributed by atoms with Crippen LogP contribution in [0.5, 0.6) is 0 Å². The van der Waals surface area contributed by atoms with Crippen LogP contribution in [-0.4, -0.2) is 67.7 Å². The van der Waals surface area contributed by atoms with Gasteiger partial charge in [0.25, 0.3) is 0 Å². The van der Waals surface area contributed by atoms with Crippen LogP contribution in [0.3, 0.4) is 0 Å². The summed E-state index contributed by atoms with van der Waals surface area (Å²) >= 11 is 0. The van der Waals surface area contributed by atoms with Crippen molar-refractivity contribution in [2.24, 2.45) is 0 Å². The third-order valence-corrected chi connectivity index (χ3v) is 6.67. The quantitative estimate of drug-likeness (QED) is 0.411. The first-order valence-electron chi connectivity index (χ1n) is 12.2. The zero-order chi connectivity index (χ0) is 28.8. The summed E-state index contributed by atoms with van der Waals surface area (Å²) in [5.41, 5.74) is 1.50. The highest BCUT2D eigenvalue weighted by molar-refractivity contribution is 7.92. The molecule has 0 fully saturated rings. The molecule has 1 heterocycles. The van der Waals surface area contributed by atoms with E-state index >= 15 is 0 Å². The summed E-state index contributed by atoms with van der Waals surface area (Å²) < 4.78 is 49.9. The van der Waals surface area contributed by atoms with E-state index in [2.05, 4.69) is 9.97 Å². The van der Waals surface area contributed by atoms with E-state index in [0.29, 0.717) is 22.5 Å². The Bertz CT molecular complexity index is 1240. The largest absolute Gasteiger partial charge is 0.460 e. The number of sulfonamides is 1. The molecule has 1 N–H and O–H groups in total. The monoisotopic (exact) mass is 551 g/mol. The van der Waals surface area contributed by atoms with Crippen LogP contribution >= 0.6 is 0 Å². The zero-order valence-corrected chi connectivity index (χ0v) is 24.0. The van der Waals surface area contributed by atoms with E-state index < -0.39 is 39.6 Å². The summed E-state index contributed by atoms with van der Waals surface area (Å²) in [4.78, 5) is 21.2. The molecule has 0 saturated carbocycles. The summed E-state index contributed by atoms with van der Waals surface area (Å²) in [5, 5.41) is 10.5. The van der Waals surface area contributed by atoms with Crippen LogP contribution in [0, 0.1) is 5.82 Å². The summed E-state index contributed by atoms with van der Waals surface area (Å²) in [6, 6.07) is 5.71. The lowest BCUT2D eigenvalue weighted by molar-refractivity contribution is -0.157. The highest BCUT2D eigenvalue weighted by Gasteiger charge is 2.24. The lowest BCUT2D eigenvalue weighted by atomic mass is 9.97. The Balaban J connectivity index is 2.50. The molecule has 1 aromatic heterocycles. The van der Waals surface area contributed by atoms with Crippen molar-refractivity contribution in [1.29, 1.82) is 0 Å². The van der Waals surface area contributed by atoms with Gasteiger partial charge in [0, 0.05) is 31.7 Å². The molecular weight excluding hydrogens is 513 g/mol. The molecule has 11 heteroatoms. The van der Waals surface area contributed by atoms with Crippen molar-refractivity contribution in [3.05, 3.63) is 47.4 Å². The predicted molar refractivity (Wildman–Crippen MR) is 146 cm³/mol. The highest BCUT2D eigenvalue weighted by Crippen LogP contribution is 2.32. The zero-order valence-electron chi connectivity index (χ0n) is 23.2. The predicted octanol–water partition coefficient (Wildman–Crippen LogP) is 4.31. The van der Waals surface area contributed by atoms with Gasteiger partial charge in [0.1, 0.15) is 11.4 Å². The van der Waals surface area contributed by atoms with Crippen molar-refractivity contribution < 1.29 is 32.2 Å². The molecule has 2 rings (SSSR count). The van der Waals surface area contributed by atoms with Gasteiger partial charge in [0.15, 0.2) is 0 Å². The maximum absolute atomic E-state index is 13.7. The van der Waals surface area contributed by atoms with E-state index in [9.17, 15) is 22.7 Å². The van der Waals surface area contributed by atoms with Crippen LogP contribution in [0.1, 0.15) is 64.6 Å². The molecule has 0 aliphatic heterocycles. The van der Waals surface area contributed by atoms with E-state index in [0.717, 1.165) is 10.6 Å². The minimum atomic E-state index is -3.64. The number of halogens is 1. The number of hydrogen-bond donors (Lipinski definition) is 1. The van der Waals surface area contributed by atoms with Gasteiger partial charge in [0.2, 0.25) is 16.0 Å². The Morgan fingerprint density at radius 3 is 2.29 bits per heavy atom. The molecule has 9 nitrogen and oxygen atoms in total. The van der Waals surface area contributed by atoms with Gasteiger partial charge in [-0.15, -0.1) is 0 Å². The summed E-state index contributed by atoms with van der Waals surface area (Å²) in [7, 11) is -0.784. The van der Waals surface area contributed by atoms with Crippen LogP contribution in [0.4, 0.5) is 10.3 Å². The maximum Gasteiger partial charge on any atom is 0.308 e. The fourth-order valence-electron chi connectivity index (χ4n) is 3.58. The SMILES string of the molecule is CO[C@H](/C=C/c1c(-c2ccc(F)cc2)nc(N(C)S(C)(=O)=O)nc1C(C)C)C[C@@H](O)CC(=O)OC(C)(C)C. The smallest absolute Gasteiger partial charge is 0.308 e. The maximum atomic E-state index is 13.7. The standard InChI is InChI=1S/C27H38FN3O6S/c1-17(2)24-22(14-13-21(36-7)15-20(32)16-23(33)37-27(3,4)5)25(18-9-11-19(28)12-10-18)30-26(29-24)31(6)38(8,34)35/h9-14,17,20-21,32H,15-16H2,1-8H3/b14-13+/t20-,21-/m1/s1. The van der Waals surface area contributed by atoms with E-state index in [-0.39, 0.29) is 24.7 Å². The number of nitrogens with zero attached hydrogens (tertiary/aromatic N) is 3. The Hall–Kier alpha value is -2.89. The van der Waals surface area contributed by atoms with Crippen LogP contribution in [0.2, 0.25) is 0 Å². The molecule has 0 aliphatic carbocycles. The second-order valence-electron chi connectivity index (χ2n) is 10.4. The summed E-state index contributed by atoms with van der Waals surface area (Å²) in [5.74, 6) is -1.06. The molecule has 0 saturated heterocycles. The number of ether oxygens (including phenoxy) is 2. The first kappa shape index (κ1) is 31.3. The Labute approximate surface area is 224 Å². The summed E-state index contributed by atoms with van der Waals surface area (Å²) in [6.07, 6.45) is 2.91. The number of aromatic nitrogens is 2. The number of esters is 1. The van der Waals surface area contributed by atoms with Gasteiger partial charge in [-0.25, -0.2) is 27.1 Å². The van der Waals surface area contributed by atoms with Crippen molar-refractivity contribution in [3.63, 3.8) is 0 Å². The molecule has 0 amide bonds. The van der Waals surface area contributed by atoms with E-state index in [4.69, 9.17) is 9.47 Å². The molecule has 1 aromatic carbocycles. The third-order valence-electron chi connectivity index (χ3n) is 5.51. The van der Waals surface area contributed by atoms with Gasteiger partial charge < -0.3 is 14.6 Å². The number of aliphatic hydroxyl groups is 1. The fraction of sp³-hybridized carbons (Fsp3) is 0.519. The van der Waals surface area contributed by atoms with Crippen LogP contribution in [-0.2, 0) is 24.3 Å². The molecule has 0 radical (unpaired) electrons. The van der Waals surface area contributed by atoms with Crippen molar-refractivity contribution in [3.8, 4) is 11.3 Å². The van der Waals surface area contributed by atoms with Crippen LogP contribution in [0.25, 0.3) is 17.3 Å². The fourth-order valence-corrected chi connectivity index (χ4v) is 3.96. The second-order valence-corrected chi connectivity index (χ2v) is 12.4. The average Bonchev–Trinajstić information content (AvgIpc) is 2.79. The van der Waals surface area contributed by atoms with Crippen LogP contribution in [0.15, 0.2) is 30.3 Å². The Kier molecular flexibility index (Phi) is 10.5. The van der Waals surface area contributed by atoms with Crippen LogP contribution < -0.4 is 4.31 Å². The molecule has 0 spiro atoms. The lowest BCUT2D eigenvalue weighted by Gasteiger charge is -2.22. The number of rotatable bonds is 11. The Morgan fingerprint density at radius 1 is 1.18 bits per heavy atom. The number of carbonyl (C=O) groups is 1. The number of aliphatic hydroxyl groups excluding tert-OH is 1. The summed E-state index contributed by atoms with van der Waals surface area (Å²) in [6.45, 7) is 9.09. The highest BCUT2D eigenvalue weighted by atomic mass is 32.2. The minimum Gasteiger partial charge on any atom is -0.460 e. The molecule has 210 valence electrons. The topological polar surface area (TPSA) is 119 Å². The Morgan fingerprint density at radius 2 is 1.79 bits per heavy atom. The molecule has 2 aromatic rings. The lowest BCUT2D eigenvalue weighted by Crippen LogP contribution is -2.28. The molecule has 0 bridgehead atoms. The molecule has 0 aliphatic rings. The van der Waals surface area contributed by atoms with E-state index in [1.54, 1.807) is 45.1 Å². The van der Waals surface area contributed by atoms with Gasteiger partial charge in [0.05, 0.1) is 36.3 Å². The molecule has 38 heavy (non-hydrogen) atoms. The first-order chi connectivity index (χ1) is 17.5. The van der Waals surface area contributed by atoms with Crippen molar-refractivity contribution in [1.82, 2.24) is 9.97 Å². The number of anilines is 1. The van der Waals surface area contributed by atoms with Gasteiger partial charge in [-0.2, -0.15) is 0 Å². The van der Waals surface area contributed by atoms with Crippen molar-refractivity contribution >= 4 is 28.0 Å². The number of hydrogen-bond acceptors (Lipinski definition) is 8. The van der Waals surface area contributed by atoms with E-state index in [1.165, 1.54) is 26.3 Å². The number of carbonyl (C=O) groups excluding carboxylic acids is 1. The number of methoxy groups -OCH3 is 1. The average molecular weight is 552 g/mol. The van der Waals surface area contributed by atoms with Gasteiger partial charge in [-0.1, -0.05) is 26.0 Å². The second kappa shape index (κ2) is 12.8. The molecular formula is C27H38FN3O6S.